The molecule has 0 bridgehead atoms. The van der Waals surface area contributed by atoms with Crippen molar-refractivity contribution in [1.29, 1.82) is 0 Å². The second-order valence-electron chi connectivity index (χ2n) is 4.55. The first-order chi connectivity index (χ1) is 7.57. The Labute approximate surface area is 115 Å². The summed E-state index contributed by atoms with van der Waals surface area (Å²) in [4.78, 5) is 11.1. The molecule has 1 aliphatic rings. The largest absolute Gasteiger partial charge is 0.340 e. The molecule has 0 amide bonds. The quantitative estimate of drug-likeness (QED) is 0.729. The molecule has 0 unspecified atom stereocenters. The Bertz CT molecular complexity index is 353. The van der Waals surface area contributed by atoms with E-state index in [9.17, 15) is 0 Å². The summed E-state index contributed by atoms with van der Waals surface area (Å²) in [7, 11) is 0. The van der Waals surface area contributed by atoms with Crippen LogP contribution < -0.4 is 4.90 Å². The van der Waals surface area contributed by atoms with E-state index in [1.807, 2.05) is 24.2 Å². The molecule has 0 radical (unpaired) electrons. The molecular weight excluding hydrogens is 333 g/mol. The summed E-state index contributed by atoms with van der Waals surface area (Å²) in [5.41, 5.74) is 0. The lowest BCUT2D eigenvalue weighted by molar-refractivity contribution is 0.631. The van der Waals surface area contributed by atoms with Crippen molar-refractivity contribution in [1.82, 2.24) is 9.97 Å². The van der Waals surface area contributed by atoms with E-state index in [1.54, 1.807) is 0 Å². The standard InChI is InChI=1S/C11H16IN3S/c1-11(2)3-4-15(5-6-16-11)10-13-7-9(12)8-14-10/h7-8H,3-6H2,1-2H3. The third-order valence-electron chi connectivity index (χ3n) is 2.73. The highest BCUT2D eigenvalue weighted by Gasteiger charge is 2.24. The van der Waals surface area contributed by atoms with Crippen molar-refractivity contribution >= 4 is 40.3 Å². The normalized spacial score (nSPS) is 20.6. The van der Waals surface area contributed by atoms with E-state index in [4.69, 9.17) is 0 Å². The second kappa shape index (κ2) is 5.08. The van der Waals surface area contributed by atoms with Gasteiger partial charge in [-0.2, -0.15) is 11.8 Å². The van der Waals surface area contributed by atoms with Crippen molar-refractivity contribution in [2.75, 3.05) is 23.7 Å². The average molecular weight is 349 g/mol. The van der Waals surface area contributed by atoms with Crippen molar-refractivity contribution in [2.24, 2.45) is 0 Å². The number of aromatic nitrogens is 2. The summed E-state index contributed by atoms with van der Waals surface area (Å²) in [6.45, 7) is 6.74. The SMILES string of the molecule is CC1(C)CCN(c2ncc(I)cn2)CCS1. The Balaban J connectivity index is 2.08. The zero-order chi connectivity index (χ0) is 11.6. The van der Waals surface area contributed by atoms with Gasteiger partial charge in [0.15, 0.2) is 0 Å². The molecule has 1 fully saturated rings. The lowest BCUT2D eigenvalue weighted by atomic mass is 10.1. The van der Waals surface area contributed by atoms with Crippen molar-refractivity contribution in [2.45, 2.75) is 25.0 Å². The first-order valence-corrected chi connectivity index (χ1v) is 7.50. The van der Waals surface area contributed by atoms with Gasteiger partial charge in [-0.25, -0.2) is 9.97 Å². The molecular formula is C11H16IN3S. The number of hydrogen-bond acceptors (Lipinski definition) is 4. The fourth-order valence-corrected chi connectivity index (χ4v) is 3.07. The number of thioether (sulfide) groups is 1. The van der Waals surface area contributed by atoms with Crippen LogP contribution in [-0.4, -0.2) is 33.6 Å². The Kier molecular flexibility index (Phi) is 3.94. The molecule has 88 valence electrons. The Morgan fingerprint density at radius 3 is 2.69 bits per heavy atom. The first-order valence-electron chi connectivity index (χ1n) is 5.43. The fraction of sp³-hybridized carbons (Fsp3) is 0.636. The Morgan fingerprint density at radius 1 is 1.31 bits per heavy atom. The van der Waals surface area contributed by atoms with Crippen LogP contribution in [0.1, 0.15) is 20.3 Å². The molecule has 1 aromatic rings. The summed E-state index contributed by atoms with van der Waals surface area (Å²) >= 11 is 4.28. The molecule has 16 heavy (non-hydrogen) atoms. The van der Waals surface area contributed by atoms with E-state index >= 15 is 0 Å². The molecule has 0 aliphatic carbocycles. The van der Waals surface area contributed by atoms with Crippen LogP contribution in [0.5, 0.6) is 0 Å². The van der Waals surface area contributed by atoms with Gasteiger partial charge in [-0.05, 0) is 29.0 Å². The zero-order valence-electron chi connectivity index (χ0n) is 9.61. The highest BCUT2D eigenvalue weighted by atomic mass is 127. The van der Waals surface area contributed by atoms with Gasteiger partial charge in [-0.1, -0.05) is 13.8 Å². The maximum atomic E-state index is 4.39. The van der Waals surface area contributed by atoms with Crippen molar-refractivity contribution < 1.29 is 0 Å². The average Bonchev–Trinajstić information content (AvgIpc) is 2.41. The maximum absolute atomic E-state index is 4.39. The third-order valence-corrected chi connectivity index (χ3v) is 4.66. The Hall–Kier alpha value is -0.0400. The minimum absolute atomic E-state index is 0.387. The summed E-state index contributed by atoms with van der Waals surface area (Å²) in [6, 6.07) is 0. The third kappa shape index (κ3) is 3.23. The molecule has 0 aromatic carbocycles. The lowest BCUT2D eigenvalue weighted by Crippen LogP contribution is -2.28. The Morgan fingerprint density at radius 2 is 2.00 bits per heavy atom. The topological polar surface area (TPSA) is 29.0 Å². The molecule has 1 saturated heterocycles. The second-order valence-corrected chi connectivity index (χ2v) is 7.59. The van der Waals surface area contributed by atoms with Crippen LogP contribution in [0.25, 0.3) is 0 Å². The van der Waals surface area contributed by atoms with E-state index in [0.717, 1.165) is 28.4 Å². The molecule has 0 atom stereocenters. The van der Waals surface area contributed by atoms with Crippen LogP contribution in [0.15, 0.2) is 12.4 Å². The van der Waals surface area contributed by atoms with Gasteiger partial charge in [0.25, 0.3) is 0 Å². The number of nitrogens with zero attached hydrogens (tertiary/aromatic N) is 3. The lowest BCUT2D eigenvalue weighted by Gasteiger charge is -2.22. The van der Waals surface area contributed by atoms with Gasteiger partial charge in [-0.15, -0.1) is 0 Å². The van der Waals surface area contributed by atoms with Crippen LogP contribution in [0.4, 0.5) is 5.95 Å². The predicted molar refractivity (Wildman–Crippen MR) is 78.1 cm³/mol. The van der Waals surface area contributed by atoms with Gasteiger partial charge in [0, 0.05) is 39.6 Å². The van der Waals surface area contributed by atoms with E-state index < -0.39 is 0 Å². The minimum atomic E-state index is 0.387. The van der Waals surface area contributed by atoms with Crippen LogP contribution in [-0.2, 0) is 0 Å². The minimum Gasteiger partial charge on any atom is -0.340 e. The molecule has 0 spiro atoms. The molecule has 2 heterocycles. The van der Waals surface area contributed by atoms with Gasteiger partial charge in [-0.3, -0.25) is 0 Å². The van der Waals surface area contributed by atoms with Gasteiger partial charge >= 0.3 is 0 Å². The van der Waals surface area contributed by atoms with E-state index in [0.29, 0.717) is 4.75 Å². The highest BCUT2D eigenvalue weighted by molar-refractivity contribution is 14.1. The van der Waals surface area contributed by atoms with Crippen LogP contribution >= 0.6 is 34.4 Å². The highest BCUT2D eigenvalue weighted by Crippen LogP contribution is 2.31. The molecule has 0 N–H and O–H groups in total. The van der Waals surface area contributed by atoms with E-state index in [2.05, 4.69) is 51.3 Å². The molecule has 1 aromatic heterocycles. The maximum Gasteiger partial charge on any atom is 0.225 e. The van der Waals surface area contributed by atoms with E-state index in [1.165, 1.54) is 6.42 Å². The summed E-state index contributed by atoms with van der Waals surface area (Å²) in [5.74, 6) is 2.03. The van der Waals surface area contributed by atoms with Crippen molar-refractivity contribution in [3.8, 4) is 0 Å². The number of hydrogen-bond donors (Lipinski definition) is 0. The molecule has 5 heteroatoms. The van der Waals surface area contributed by atoms with Crippen molar-refractivity contribution in [3.63, 3.8) is 0 Å². The van der Waals surface area contributed by atoms with Gasteiger partial charge in [0.05, 0.1) is 0 Å². The smallest absolute Gasteiger partial charge is 0.225 e. The summed E-state index contributed by atoms with van der Waals surface area (Å²) < 4.78 is 1.48. The molecule has 1 aliphatic heterocycles. The van der Waals surface area contributed by atoms with E-state index in [-0.39, 0.29) is 0 Å². The summed E-state index contributed by atoms with van der Waals surface area (Å²) in [6.07, 6.45) is 4.95. The zero-order valence-corrected chi connectivity index (χ0v) is 12.6. The monoisotopic (exact) mass is 349 g/mol. The number of anilines is 1. The van der Waals surface area contributed by atoms with Crippen LogP contribution in [0.3, 0.4) is 0 Å². The predicted octanol–water partition coefficient (Wildman–Crippen LogP) is 2.80. The molecule has 2 rings (SSSR count). The van der Waals surface area contributed by atoms with Crippen LogP contribution in [0.2, 0.25) is 0 Å². The van der Waals surface area contributed by atoms with Crippen molar-refractivity contribution in [3.05, 3.63) is 16.0 Å². The van der Waals surface area contributed by atoms with Gasteiger partial charge in [0.2, 0.25) is 5.95 Å². The van der Waals surface area contributed by atoms with Crippen LogP contribution in [0, 0.1) is 3.57 Å². The van der Waals surface area contributed by atoms with Gasteiger partial charge < -0.3 is 4.90 Å². The number of rotatable bonds is 1. The molecule has 0 saturated carbocycles. The number of halogens is 1. The fourth-order valence-electron chi connectivity index (χ4n) is 1.69. The van der Waals surface area contributed by atoms with Gasteiger partial charge in [0.1, 0.15) is 0 Å². The summed E-state index contributed by atoms with van der Waals surface area (Å²) in [5, 5.41) is 0. The molecule has 3 nitrogen and oxygen atoms in total. The first kappa shape index (κ1) is 12.4.